The first-order chi connectivity index (χ1) is 9.38. The number of fused-ring (bicyclic) bond motifs is 4. The van der Waals surface area contributed by atoms with E-state index in [0.29, 0.717) is 0 Å². The van der Waals surface area contributed by atoms with Crippen LogP contribution in [0.1, 0.15) is 37.4 Å². The molecule has 2 heteroatoms. The van der Waals surface area contributed by atoms with Crippen molar-refractivity contribution in [3.8, 4) is 0 Å². The van der Waals surface area contributed by atoms with Crippen LogP contribution in [0.15, 0.2) is 24.3 Å². The van der Waals surface area contributed by atoms with Crippen molar-refractivity contribution in [2.45, 2.75) is 32.6 Å². The maximum absolute atomic E-state index is 3.70. The molecule has 1 unspecified atom stereocenters. The normalized spacial score (nSPS) is 22.5. The molecule has 0 saturated heterocycles. The Morgan fingerprint density at radius 1 is 1.26 bits per heavy atom. The molecule has 2 aliphatic heterocycles. The Hall–Kier alpha value is -1.57. The number of nitrogens with zero attached hydrogens (tertiary/aromatic N) is 1. The molecule has 4 rings (SSSR count). The van der Waals surface area contributed by atoms with Crippen molar-refractivity contribution in [3.05, 3.63) is 35.5 Å². The first kappa shape index (κ1) is 11.3. The lowest BCUT2D eigenvalue weighted by Gasteiger charge is -2.25. The summed E-state index contributed by atoms with van der Waals surface area (Å²) in [5, 5.41) is 1.44. The molecular weight excluding hydrogens is 232 g/mol. The lowest BCUT2D eigenvalue weighted by atomic mass is 9.85. The number of aromatic amines is 1. The number of hydrogen-bond donors (Lipinski definition) is 1. The summed E-state index contributed by atoms with van der Waals surface area (Å²) in [5.41, 5.74) is 5.91. The van der Waals surface area contributed by atoms with E-state index < -0.39 is 0 Å². The molecule has 0 saturated carbocycles. The molecular formula is C17H21N2+. The van der Waals surface area contributed by atoms with Crippen molar-refractivity contribution in [2.24, 2.45) is 5.92 Å². The number of para-hydroxylation sites is 1. The molecule has 1 atom stereocenters. The van der Waals surface area contributed by atoms with Crippen molar-refractivity contribution in [2.75, 3.05) is 13.1 Å². The Morgan fingerprint density at radius 2 is 2.16 bits per heavy atom. The van der Waals surface area contributed by atoms with Gasteiger partial charge in [0.25, 0.3) is 0 Å². The van der Waals surface area contributed by atoms with Crippen LogP contribution in [0.4, 0.5) is 0 Å². The van der Waals surface area contributed by atoms with Gasteiger partial charge < -0.3 is 4.98 Å². The van der Waals surface area contributed by atoms with Gasteiger partial charge in [-0.15, -0.1) is 0 Å². The summed E-state index contributed by atoms with van der Waals surface area (Å²) >= 11 is 0. The lowest BCUT2D eigenvalue weighted by Crippen LogP contribution is -2.38. The minimum atomic E-state index is 0.751. The van der Waals surface area contributed by atoms with Crippen LogP contribution in [0.2, 0.25) is 0 Å². The Labute approximate surface area is 114 Å². The minimum Gasteiger partial charge on any atom is -0.350 e. The third-order valence-corrected chi connectivity index (χ3v) is 4.90. The second kappa shape index (κ2) is 4.22. The molecule has 0 amide bonds. The lowest BCUT2D eigenvalue weighted by molar-refractivity contribution is -0.535. The van der Waals surface area contributed by atoms with E-state index >= 15 is 0 Å². The van der Waals surface area contributed by atoms with Gasteiger partial charge in [0, 0.05) is 29.7 Å². The summed E-state index contributed by atoms with van der Waals surface area (Å²) in [6, 6.07) is 8.77. The van der Waals surface area contributed by atoms with Crippen LogP contribution in [0, 0.1) is 5.92 Å². The fourth-order valence-corrected chi connectivity index (χ4v) is 3.96. The first-order valence-electron chi connectivity index (χ1n) is 7.60. The Kier molecular flexibility index (Phi) is 2.51. The van der Waals surface area contributed by atoms with Crippen molar-refractivity contribution < 1.29 is 4.58 Å². The van der Waals surface area contributed by atoms with Crippen LogP contribution in [0.5, 0.6) is 0 Å². The minimum absolute atomic E-state index is 0.751. The third-order valence-electron chi connectivity index (χ3n) is 4.90. The van der Waals surface area contributed by atoms with E-state index in [1.165, 1.54) is 55.4 Å². The summed E-state index contributed by atoms with van der Waals surface area (Å²) < 4.78 is 2.63. The quantitative estimate of drug-likeness (QED) is 0.752. The largest absolute Gasteiger partial charge is 0.350 e. The molecule has 2 nitrogen and oxygen atoms in total. The van der Waals surface area contributed by atoms with Crippen molar-refractivity contribution >= 4 is 16.6 Å². The molecule has 0 spiro atoms. The number of benzene rings is 1. The van der Waals surface area contributed by atoms with Gasteiger partial charge in [-0.25, -0.2) is 4.58 Å². The van der Waals surface area contributed by atoms with E-state index in [2.05, 4.69) is 40.7 Å². The Morgan fingerprint density at radius 3 is 3.05 bits per heavy atom. The Bertz CT molecular complexity index is 663. The third kappa shape index (κ3) is 1.59. The van der Waals surface area contributed by atoms with Gasteiger partial charge in [0.15, 0.2) is 0 Å². The zero-order chi connectivity index (χ0) is 12.8. The summed E-state index contributed by atoms with van der Waals surface area (Å²) in [5.74, 6) is 0.751. The summed E-state index contributed by atoms with van der Waals surface area (Å²) in [7, 11) is 0. The van der Waals surface area contributed by atoms with Gasteiger partial charge in [0.1, 0.15) is 18.8 Å². The molecule has 98 valence electrons. The molecule has 1 aromatic heterocycles. The smallest absolute Gasteiger partial charge is 0.203 e. The van der Waals surface area contributed by atoms with Gasteiger partial charge in [0.2, 0.25) is 5.71 Å². The average Bonchev–Trinajstić information content (AvgIpc) is 2.85. The van der Waals surface area contributed by atoms with E-state index in [9.17, 15) is 0 Å². The van der Waals surface area contributed by atoms with Crippen LogP contribution >= 0.6 is 0 Å². The van der Waals surface area contributed by atoms with Gasteiger partial charge in [0.05, 0.1) is 0 Å². The SMILES string of the molecule is CCC1CCC[N+]2=C1c1[nH]c3ccccc3c1CC2. The zero-order valence-corrected chi connectivity index (χ0v) is 11.6. The van der Waals surface area contributed by atoms with E-state index in [-0.39, 0.29) is 0 Å². The van der Waals surface area contributed by atoms with E-state index in [0.717, 1.165) is 5.92 Å². The second-order valence-electron chi connectivity index (χ2n) is 5.89. The van der Waals surface area contributed by atoms with Crippen LogP contribution in [0.3, 0.4) is 0 Å². The van der Waals surface area contributed by atoms with Crippen molar-refractivity contribution in [3.63, 3.8) is 0 Å². The fraction of sp³-hybridized carbons (Fsp3) is 0.471. The standard InChI is InChI=1S/C17H20N2/c1-2-12-6-5-10-19-11-9-14-13-7-3-4-8-15(13)18-16(14)17(12)19/h3-4,7-8,12H,2,5-6,9-11H2,1H3/p+1. The molecule has 1 N–H and O–H groups in total. The van der Waals surface area contributed by atoms with E-state index in [4.69, 9.17) is 0 Å². The summed E-state index contributed by atoms with van der Waals surface area (Å²) in [6.45, 7) is 4.79. The van der Waals surface area contributed by atoms with Crippen LogP contribution in [0.25, 0.3) is 10.9 Å². The monoisotopic (exact) mass is 253 g/mol. The van der Waals surface area contributed by atoms with Gasteiger partial charge >= 0.3 is 0 Å². The number of aromatic nitrogens is 1. The highest BCUT2D eigenvalue weighted by Gasteiger charge is 2.36. The maximum Gasteiger partial charge on any atom is 0.203 e. The summed E-state index contributed by atoms with van der Waals surface area (Å²) in [6.07, 6.45) is 5.18. The predicted octanol–water partition coefficient (Wildman–Crippen LogP) is 3.35. The molecule has 0 aliphatic carbocycles. The highest BCUT2D eigenvalue weighted by Crippen LogP contribution is 2.31. The van der Waals surface area contributed by atoms with Gasteiger partial charge in [-0.2, -0.15) is 0 Å². The highest BCUT2D eigenvalue weighted by atomic mass is 15.0. The van der Waals surface area contributed by atoms with Gasteiger partial charge in [-0.05, 0) is 24.5 Å². The average molecular weight is 253 g/mol. The van der Waals surface area contributed by atoms with Crippen molar-refractivity contribution in [1.29, 1.82) is 0 Å². The molecule has 0 fully saturated rings. The predicted molar refractivity (Wildman–Crippen MR) is 79.1 cm³/mol. The van der Waals surface area contributed by atoms with Crippen LogP contribution in [-0.2, 0) is 6.42 Å². The molecule has 0 radical (unpaired) electrons. The molecule has 0 bridgehead atoms. The number of H-pyrrole nitrogens is 1. The van der Waals surface area contributed by atoms with Crippen molar-refractivity contribution in [1.82, 2.24) is 4.98 Å². The summed E-state index contributed by atoms with van der Waals surface area (Å²) in [4.78, 5) is 3.70. The highest BCUT2D eigenvalue weighted by molar-refractivity contribution is 6.04. The topological polar surface area (TPSA) is 18.8 Å². The molecule has 19 heavy (non-hydrogen) atoms. The zero-order valence-electron chi connectivity index (χ0n) is 11.6. The number of rotatable bonds is 1. The number of hydrogen-bond acceptors (Lipinski definition) is 0. The number of nitrogens with one attached hydrogen (secondary N) is 1. The Balaban J connectivity index is 1.96. The molecule has 3 heterocycles. The van der Waals surface area contributed by atoms with Crippen LogP contribution < -0.4 is 0 Å². The maximum atomic E-state index is 3.70. The molecule has 2 aromatic rings. The first-order valence-corrected chi connectivity index (χ1v) is 7.60. The molecule has 1 aromatic carbocycles. The van der Waals surface area contributed by atoms with Gasteiger partial charge in [-0.1, -0.05) is 25.1 Å². The second-order valence-corrected chi connectivity index (χ2v) is 5.89. The molecule has 2 aliphatic rings. The fourth-order valence-electron chi connectivity index (χ4n) is 3.96. The van der Waals surface area contributed by atoms with Crippen LogP contribution in [-0.4, -0.2) is 28.4 Å². The van der Waals surface area contributed by atoms with Gasteiger partial charge in [-0.3, -0.25) is 0 Å². The van der Waals surface area contributed by atoms with E-state index in [1.54, 1.807) is 11.3 Å². The van der Waals surface area contributed by atoms with E-state index in [1.807, 2.05) is 0 Å².